The van der Waals surface area contributed by atoms with Crippen LogP contribution in [0.3, 0.4) is 0 Å². The molecule has 1 atom stereocenters. The van der Waals surface area contributed by atoms with Crippen LogP contribution in [0.15, 0.2) is 34.9 Å². The van der Waals surface area contributed by atoms with Gasteiger partial charge in [0.1, 0.15) is 0 Å². The van der Waals surface area contributed by atoms with Crippen molar-refractivity contribution in [3.8, 4) is 0 Å². The van der Waals surface area contributed by atoms with Crippen molar-refractivity contribution in [2.45, 2.75) is 19.4 Å². The number of nitrogens with zero attached hydrogens (tertiary/aromatic N) is 2. The Morgan fingerprint density at radius 1 is 1.44 bits per heavy atom. The Morgan fingerprint density at radius 2 is 2.22 bits per heavy atom. The van der Waals surface area contributed by atoms with Crippen molar-refractivity contribution in [1.29, 1.82) is 0 Å². The third-order valence-electron chi connectivity index (χ3n) is 2.85. The molecule has 0 amide bonds. The Kier molecular flexibility index (Phi) is 4.16. The van der Waals surface area contributed by atoms with E-state index >= 15 is 0 Å². The van der Waals surface area contributed by atoms with Gasteiger partial charge in [-0.15, -0.1) is 0 Å². The van der Waals surface area contributed by atoms with Crippen molar-refractivity contribution in [3.05, 3.63) is 51.8 Å². The van der Waals surface area contributed by atoms with Gasteiger partial charge in [0.15, 0.2) is 0 Å². The summed E-state index contributed by atoms with van der Waals surface area (Å²) in [4.78, 5) is 0. The molecule has 0 spiro atoms. The number of nitrogens with two attached hydrogens (primary N) is 1. The molecule has 3 N–H and O–H groups in total. The van der Waals surface area contributed by atoms with Gasteiger partial charge in [0.05, 0.1) is 11.7 Å². The smallest absolute Gasteiger partial charge is 0.0643 e. The molecule has 1 aromatic heterocycles. The lowest BCUT2D eigenvalue weighted by atomic mass is 10.0. The molecule has 1 heterocycles. The Balaban J connectivity index is 2.22. The van der Waals surface area contributed by atoms with Crippen molar-refractivity contribution < 1.29 is 0 Å². The molecule has 0 aliphatic rings. The van der Waals surface area contributed by atoms with Crippen LogP contribution in [-0.4, -0.2) is 9.78 Å². The number of hydrogen-bond donors (Lipinski definition) is 2. The summed E-state index contributed by atoms with van der Waals surface area (Å²) in [5.41, 5.74) is 6.26. The minimum atomic E-state index is 0.0658. The Hall–Kier alpha value is -1.17. The maximum Gasteiger partial charge on any atom is 0.0643 e. The van der Waals surface area contributed by atoms with Gasteiger partial charge in [-0.3, -0.25) is 16.0 Å². The molecule has 0 saturated heterocycles. The van der Waals surface area contributed by atoms with Gasteiger partial charge in [-0.05, 0) is 36.2 Å². The van der Waals surface area contributed by atoms with Crippen LogP contribution >= 0.6 is 15.9 Å². The van der Waals surface area contributed by atoms with E-state index in [1.54, 1.807) is 4.68 Å². The highest BCUT2D eigenvalue weighted by Gasteiger charge is 2.13. The second-order valence-electron chi connectivity index (χ2n) is 4.47. The summed E-state index contributed by atoms with van der Waals surface area (Å²) in [7, 11) is 1.91. The first-order chi connectivity index (χ1) is 8.58. The molecule has 0 bridgehead atoms. The average Bonchev–Trinajstić information content (AvgIpc) is 2.70. The van der Waals surface area contributed by atoms with Crippen LogP contribution in [0.1, 0.15) is 22.9 Å². The number of nitrogens with one attached hydrogen (secondary N) is 1. The first kappa shape index (κ1) is 13.3. The average molecular weight is 309 g/mol. The second kappa shape index (κ2) is 5.65. The van der Waals surface area contributed by atoms with Crippen molar-refractivity contribution >= 4 is 15.9 Å². The fraction of sp³-hybridized carbons (Fsp3) is 0.308. The van der Waals surface area contributed by atoms with Crippen LogP contribution in [0.5, 0.6) is 0 Å². The predicted octanol–water partition coefficient (Wildman–Crippen LogP) is 2.24. The highest BCUT2D eigenvalue weighted by atomic mass is 79.9. The van der Waals surface area contributed by atoms with Crippen LogP contribution in [0.25, 0.3) is 0 Å². The van der Waals surface area contributed by atoms with Crippen molar-refractivity contribution in [2.24, 2.45) is 12.9 Å². The lowest BCUT2D eigenvalue weighted by molar-refractivity contribution is 0.541. The lowest BCUT2D eigenvalue weighted by Crippen LogP contribution is -2.29. The molecule has 2 aromatic rings. The summed E-state index contributed by atoms with van der Waals surface area (Å²) in [6.45, 7) is 2.07. The van der Waals surface area contributed by atoms with Crippen LogP contribution in [0.2, 0.25) is 0 Å². The van der Waals surface area contributed by atoms with Gasteiger partial charge < -0.3 is 0 Å². The highest BCUT2D eigenvalue weighted by molar-refractivity contribution is 9.10. The van der Waals surface area contributed by atoms with Crippen LogP contribution in [-0.2, 0) is 13.5 Å². The molecule has 0 aliphatic carbocycles. The normalized spacial score (nSPS) is 12.7. The zero-order chi connectivity index (χ0) is 13.1. The number of benzene rings is 1. The van der Waals surface area contributed by atoms with E-state index in [2.05, 4.69) is 51.6 Å². The Labute approximate surface area is 115 Å². The summed E-state index contributed by atoms with van der Waals surface area (Å²) in [6.07, 6.45) is 2.71. The van der Waals surface area contributed by atoms with Crippen LogP contribution in [0, 0.1) is 6.92 Å². The maximum absolute atomic E-state index is 5.66. The lowest BCUT2D eigenvalue weighted by Gasteiger charge is -2.16. The fourth-order valence-electron chi connectivity index (χ4n) is 2.02. The molecule has 0 saturated carbocycles. The molecule has 1 unspecified atom stereocenters. The summed E-state index contributed by atoms with van der Waals surface area (Å²) in [5, 5.41) is 4.38. The zero-order valence-electron chi connectivity index (χ0n) is 10.5. The zero-order valence-corrected chi connectivity index (χ0v) is 12.1. The largest absolute Gasteiger partial charge is 0.276 e. The quantitative estimate of drug-likeness (QED) is 0.673. The van der Waals surface area contributed by atoms with Gasteiger partial charge >= 0.3 is 0 Å². The van der Waals surface area contributed by atoms with Gasteiger partial charge in [-0.1, -0.05) is 22.0 Å². The Bertz CT molecular complexity index is 515. The van der Waals surface area contributed by atoms with Crippen molar-refractivity contribution in [2.75, 3.05) is 0 Å². The number of halogens is 1. The van der Waals surface area contributed by atoms with Crippen LogP contribution < -0.4 is 11.3 Å². The van der Waals surface area contributed by atoms with Gasteiger partial charge in [-0.2, -0.15) is 5.10 Å². The van der Waals surface area contributed by atoms with Crippen molar-refractivity contribution in [1.82, 2.24) is 15.2 Å². The molecular weight excluding hydrogens is 292 g/mol. The summed E-state index contributed by atoms with van der Waals surface area (Å²) in [6, 6.07) is 8.38. The van der Waals surface area contributed by atoms with Crippen molar-refractivity contribution in [3.63, 3.8) is 0 Å². The standard InChI is InChI=1S/C13H17BrN4/c1-9-5-10(7-11(14)6-9)13(16-15)8-12-3-4-18(2)17-12/h3-7,13,16H,8,15H2,1-2H3. The monoisotopic (exact) mass is 308 g/mol. The van der Waals surface area contributed by atoms with E-state index in [-0.39, 0.29) is 6.04 Å². The van der Waals surface area contributed by atoms with E-state index in [1.165, 1.54) is 5.56 Å². The van der Waals surface area contributed by atoms with Gasteiger partial charge in [0.25, 0.3) is 0 Å². The number of aromatic nitrogens is 2. The van der Waals surface area contributed by atoms with E-state index in [9.17, 15) is 0 Å². The molecule has 1 aromatic carbocycles. The minimum absolute atomic E-state index is 0.0658. The molecule has 96 valence electrons. The number of rotatable bonds is 4. The van der Waals surface area contributed by atoms with E-state index in [0.717, 1.165) is 22.2 Å². The predicted molar refractivity (Wildman–Crippen MR) is 75.9 cm³/mol. The van der Waals surface area contributed by atoms with Gasteiger partial charge in [0.2, 0.25) is 0 Å². The number of hydrogen-bond acceptors (Lipinski definition) is 3. The molecule has 18 heavy (non-hydrogen) atoms. The van der Waals surface area contributed by atoms with E-state index < -0.39 is 0 Å². The maximum atomic E-state index is 5.66. The summed E-state index contributed by atoms with van der Waals surface area (Å²) >= 11 is 3.51. The third-order valence-corrected chi connectivity index (χ3v) is 3.31. The van der Waals surface area contributed by atoms with E-state index in [4.69, 9.17) is 5.84 Å². The molecular formula is C13H17BrN4. The third kappa shape index (κ3) is 3.19. The van der Waals surface area contributed by atoms with E-state index in [0.29, 0.717) is 0 Å². The van der Waals surface area contributed by atoms with E-state index in [1.807, 2.05) is 19.3 Å². The SMILES string of the molecule is Cc1cc(Br)cc(C(Cc2ccn(C)n2)NN)c1. The topological polar surface area (TPSA) is 55.9 Å². The molecule has 2 rings (SSSR count). The molecule has 0 fully saturated rings. The van der Waals surface area contributed by atoms with Gasteiger partial charge in [-0.25, -0.2) is 0 Å². The number of aryl methyl sites for hydroxylation is 2. The fourth-order valence-corrected chi connectivity index (χ4v) is 2.65. The first-order valence-electron chi connectivity index (χ1n) is 5.80. The Morgan fingerprint density at radius 3 is 2.78 bits per heavy atom. The molecule has 4 nitrogen and oxygen atoms in total. The minimum Gasteiger partial charge on any atom is -0.276 e. The van der Waals surface area contributed by atoms with Gasteiger partial charge in [0, 0.05) is 24.1 Å². The molecule has 0 aliphatic heterocycles. The highest BCUT2D eigenvalue weighted by Crippen LogP contribution is 2.22. The first-order valence-corrected chi connectivity index (χ1v) is 6.59. The molecule has 0 radical (unpaired) electrons. The molecule has 5 heteroatoms. The second-order valence-corrected chi connectivity index (χ2v) is 5.38. The summed E-state index contributed by atoms with van der Waals surface area (Å²) in [5.74, 6) is 5.66. The number of hydrazine groups is 1. The van der Waals surface area contributed by atoms with Crippen LogP contribution in [0.4, 0.5) is 0 Å². The summed E-state index contributed by atoms with van der Waals surface area (Å²) < 4.78 is 2.87.